The summed E-state index contributed by atoms with van der Waals surface area (Å²) >= 11 is 6.51. The number of alkyl halides is 1. The topological polar surface area (TPSA) is 29.1 Å². The fraction of sp³-hybridized carbons (Fsp3) is 0.462. The molecule has 0 saturated carbocycles. The van der Waals surface area contributed by atoms with Crippen LogP contribution >= 0.6 is 56.8 Å². The standard InChI is InChI=1S/C13H18INOS3/c14-8-2-1-3-13(16)15-11-4-6-12(7-5-11)19-18-10-9-17/h4-7,17H,1-3,8-10H2,(H,15,16). The fourth-order valence-electron chi connectivity index (χ4n) is 1.34. The lowest BCUT2D eigenvalue weighted by Crippen LogP contribution is -2.10. The molecule has 19 heavy (non-hydrogen) atoms. The highest BCUT2D eigenvalue weighted by atomic mass is 127. The molecule has 0 saturated heterocycles. The summed E-state index contributed by atoms with van der Waals surface area (Å²) in [6, 6.07) is 7.99. The molecule has 1 N–H and O–H groups in total. The van der Waals surface area contributed by atoms with Crippen LogP contribution < -0.4 is 5.32 Å². The molecule has 6 heteroatoms. The number of benzene rings is 1. The van der Waals surface area contributed by atoms with Gasteiger partial charge in [0.1, 0.15) is 0 Å². The smallest absolute Gasteiger partial charge is 0.224 e. The maximum atomic E-state index is 11.7. The second kappa shape index (κ2) is 11.2. The van der Waals surface area contributed by atoms with Crippen molar-refractivity contribution in [1.29, 1.82) is 0 Å². The van der Waals surface area contributed by atoms with Gasteiger partial charge in [0.15, 0.2) is 0 Å². The molecular weight excluding hydrogens is 409 g/mol. The van der Waals surface area contributed by atoms with Crippen LogP contribution in [0.2, 0.25) is 0 Å². The maximum absolute atomic E-state index is 11.7. The molecule has 0 unspecified atom stereocenters. The van der Waals surface area contributed by atoms with E-state index in [0.717, 1.165) is 34.5 Å². The van der Waals surface area contributed by atoms with Gasteiger partial charge in [-0.3, -0.25) is 4.79 Å². The van der Waals surface area contributed by atoms with Crippen molar-refractivity contribution in [2.24, 2.45) is 0 Å². The van der Waals surface area contributed by atoms with Crippen LogP contribution in [-0.2, 0) is 4.79 Å². The molecule has 1 rings (SSSR count). The number of hydrogen-bond acceptors (Lipinski definition) is 4. The molecule has 0 radical (unpaired) electrons. The molecule has 0 fully saturated rings. The van der Waals surface area contributed by atoms with E-state index in [9.17, 15) is 4.79 Å². The molecule has 0 bridgehead atoms. The number of rotatable bonds is 9. The third kappa shape index (κ3) is 8.37. The lowest BCUT2D eigenvalue weighted by atomic mass is 10.2. The molecule has 1 aromatic carbocycles. The fourth-order valence-corrected chi connectivity index (χ4v) is 4.31. The lowest BCUT2D eigenvalue weighted by molar-refractivity contribution is -0.116. The largest absolute Gasteiger partial charge is 0.326 e. The Bertz CT molecular complexity index is 373. The monoisotopic (exact) mass is 427 g/mol. The van der Waals surface area contributed by atoms with Crippen LogP contribution in [0.5, 0.6) is 0 Å². The Hall–Kier alpha value is 0.470. The number of nitrogens with one attached hydrogen (secondary N) is 1. The van der Waals surface area contributed by atoms with Crippen molar-refractivity contribution in [2.75, 3.05) is 21.3 Å². The summed E-state index contributed by atoms with van der Waals surface area (Å²) in [5.41, 5.74) is 0.878. The van der Waals surface area contributed by atoms with E-state index < -0.39 is 0 Å². The van der Waals surface area contributed by atoms with Gasteiger partial charge in [-0.05, 0) is 41.5 Å². The first-order valence-electron chi connectivity index (χ1n) is 6.12. The lowest BCUT2D eigenvalue weighted by Gasteiger charge is -2.06. The first-order chi connectivity index (χ1) is 9.26. The first-order valence-corrected chi connectivity index (χ1v) is 10.6. The number of thiol groups is 1. The minimum Gasteiger partial charge on any atom is -0.326 e. The summed E-state index contributed by atoms with van der Waals surface area (Å²) in [7, 11) is 3.54. The Morgan fingerprint density at radius 1 is 1.26 bits per heavy atom. The third-order valence-corrected chi connectivity index (χ3v) is 5.93. The number of halogens is 1. The van der Waals surface area contributed by atoms with Crippen LogP contribution in [0.25, 0.3) is 0 Å². The van der Waals surface area contributed by atoms with E-state index in [1.54, 1.807) is 21.6 Å². The minimum atomic E-state index is 0.106. The summed E-state index contributed by atoms with van der Waals surface area (Å²) < 4.78 is 1.11. The Morgan fingerprint density at radius 2 is 2.00 bits per heavy atom. The summed E-state index contributed by atoms with van der Waals surface area (Å²) in [4.78, 5) is 12.9. The molecule has 0 aliphatic heterocycles. The van der Waals surface area contributed by atoms with E-state index >= 15 is 0 Å². The summed E-state index contributed by atoms with van der Waals surface area (Å²) in [5.74, 6) is 2.03. The molecule has 0 atom stereocenters. The zero-order valence-corrected chi connectivity index (χ0v) is 15.3. The summed E-state index contributed by atoms with van der Waals surface area (Å²) in [6.45, 7) is 0. The van der Waals surface area contributed by atoms with Gasteiger partial charge in [0.05, 0.1) is 0 Å². The second-order valence-electron chi connectivity index (χ2n) is 3.85. The zero-order chi connectivity index (χ0) is 13.9. The average molecular weight is 427 g/mol. The van der Waals surface area contributed by atoms with Crippen molar-refractivity contribution in [2.45, 2.75) is 24.2 Å². The maximum Gasteiger partial charge on any atom is 0.224 e. The molecule has 1 aromatic rings. The van der Waals surface area contributed by atoms with Gasteiger partial charge in [0.25, 0.3) is 0 Å². The van der Waals surface area contributed by atoms with Crippen molar-refractivity contribution < 1.29 is 4.79 Å². The summed E-state index contributed by atoms with van der Waals surface area (Å²) in [6.07, 6.45) is 2.67. The van der Waals surface area contributed by atoms with Gasteiger partial charge < -0.3 is 5.32 Å². The van der Waals surface area contributed by atoms with Crippen LogP contribution in [-0.4, -0.2) is 21.8 Å². The van der Waals surface area contributed by atoms with Crippen LogP contribution in [0.15, 0.2) is 29.2 Å². The minimum absolute atomic E-state index is 0.106. The normalized spacial score (nSPS) is 10.4. The van der Waals surface area contributed by atoms with Gasteiger partial charge in [-0.25, -0.2) is 0 Å². The third-order valence-electron chi connectivity index (χ3n) is 2.26. The first kappa shape index (κ1) is 17.5. The molecular formula is C13H18INOS3. The number of hydrogen-bond donors (Lipinski definition) is 2. The van der Waals surface area contributed by atoms with Crippen LogP contribution in [0, 0.1) is 0 Å². The van der Waals surface area contributed by atoms with E-state index in [2.05, 4.69) is 40.5 Å². The number of anilines is 1. The molecule has 0 aromatic heterocycles. The average Bonchev–Trinajstić information content (AvgIpc) is 2.41. The number of amides is 1. The van der Waals surface area contributed by atoms with Gasteiger partial charge >= 0.3 is 0 Å². The quantitative estimate of drug-likeness (QED) is 0.193. The van der Waals surface area contributed by atoms with Crippen molar-refractivity contribution in [3.8, 4) is 0 Å². The second-order valence-corrected chi connectivity index (χ2v) is 7.86. The Kier molecular flexibility index (Phi) is 10.3. The van der Waals surface area contributed by atoms with E-state index in [1.807, 2.05) is 24.3 Å². The Labute approximate surface area is 142 Å². The van der Waals surface area contributed by atoms with E-state index in [-0.39, 0.29) is 5.91 Å². The SMILES string of the molecule is O=C(CCCCI)Nc1ccc(SSCCS)cc1. The molecule has 0 aliphatic carbocycles. The van der Waals surface area contributed by atoms with Crippen molar-refractivity contribution in [1.82, 2.24) is 0 Å². The molecule has 0 spiro atoms. The summed E-state index contributed by atoms with van der Waals surface area (Å²) in [5, 5.41) is 2.93. The van der Waals surface area contributed by atoms with E-state index in [4.69, 9.17) is 0 Å². The van der Waals surface area contributed by atoms with Crippen molar-refractivity contribution >= 4 is 68.4 Å². The van der Waals surface area contributed by atoms with Crippen LogP contribution in [0.4, 0.5) is 5.69 Å². The zero-order valence-electron chi connectivity index (χ0n) is 10.6. The number of carbonyl (C=O) groups is 1. The Balaban J connectivity index is 2.32. The highest BCUT2D eigenvalue weighted by Gasteiger charge is 2.02. The molecule has 0 heterocycles. The van der Waals surface area contributed by atoms with Gasteiger partial charge in [0, 0.05) is 28.5 Å². The predicted octanol–water partition coefficient (Wildman–Crippen LogP) is 4.90. The van der Waals surface area contributed by atoms with Gasteiger partial charge in [-0.2, -0.15) is 12.6 Å². The van der Waals surface area contributed by atoms with Crippen molar-refractivity contribution in [3.05, 3.63) is 24.3 Å². The molecule has 2 nitrogen and oxygen atoms in total. The van der Waals surface area contributed by atoms with E-state index in [1.165, 1.54) is 4.90 Å². The predicted molar refractivity (Wildman–Crippen MR) is 100.0 cm³/mol. The Morgan fingerprint density at radius 3 is 2.63 bits per heavy atom. The highest BCUT2D eigenvalue weighted by Crippen LogP contribution is 2.31. The van der Waals surface area contributed by atoms with Gasteiger partial charge in [0.2, 0.25) is 5.91 Å². The number of carbonyl (C=O) groups excluding carboxylic acids is 1. The van der Waals surface area contributed by atoms with Gasteiger partial charge in [-0.1, -0.05) is 44.2 Å². The van der Waals surface area contributed by atoms with Crippen LogP contribution in [0.3, 0.4) is 0 Å². The molecule has 0 aliphatic rings. The highest BCUT2D eigenvalue weighted by molar-refractivity contribution is 14.1. The number of unbranched alkanes of at least 4 members (excludes halogenated alkanes) is 1. The molecule has 106 valence electrons. The van der Waals surface area contributed by atoms with Crippen LogP contribution in [0.1, 0.15) is 19.3 Å². The van der Waals surface area contributed by atoms with E-state index in [0.29, 0.717) is 6.42 Å². The molecule has 1 amide bonds. The van der Waals surface area contributed by atoms with Gasteiger partial charge in [-0.15, -0.1) is 0 Å². The van der Waals surface area contributed by atoms with Crippen molar-refractivity contribution in [3.63, 3.8) is 0 Å².